The minimum atomic E-state index is -1.95. The van der Waals surface area contributed by atoms with Crippen molar-refractivity contribution < 1.29 is 0 Å². The summed E-state index contributed by atoms with van der Waals surface area (Å²) in [5.74, 6) is 0. The second-order valence-electron chi connectivity index (χ2n) is 9.27. The number of hydrogen-bond acceptors (Lipinski definition) is 0. The maximum absolute atomic E-state index is 2.65. The monoisotopic (exact) mass is 494 g/mol. The Morgan fingerprint density at radius 2 is 1.30 bits per heavy atom. The number of unbranched alkanes of at least 4 members (excludes halogenated alkanes) is 3. The first-order valence-corrected chi connectivity index (χ1v) is 23.0. The van der Waals surface area contributed by atoms with E-state index in [0.717, 1.165) is 0 Å². The van der Waals surface area contributed by atoms with Crippen LogP contribution in [0.15, 0.2) is 42.5 Å². The van der Waals surface area contributed by atoms with Gasteiger partial charge in [-0.3, -0.25) is 0 Å². The first-order chi connectivity index (χ1) is 13.0. The van der Waals surface area contributed by atoms with Crippen LogP contribution in [0.1, 0.15) is 65.7 Å². The van der Waals surface area contributed by atoms with E-state index in [1.807, 2.05) is 0 Å². The van der Waals surface area contributed by atoms with Crippen molar-refractivity contribution in [1.82, 2.24) is 0 Å². The van der Waals surface area contributed by atoms with E-state index in [0.29, 0.717) is 0 Å². The Hall–Kier alpha value is -0.0244. The van der Waals surface area contributed by atoms with Gasteiger partial charge in [0.05, 0.1) is 0 Å². The molecule has 0 nitrogen and oxygen atoms in total. The molecule has 0 aliphatic carbocycles. The molecule has 0 aromatic heterocycles. The van der Waals surface area contributed by atoms with Gasteiger partial charge in [0.2, 0.25) is 0 Å². The van der Waals surface area contributed by atoms with E-state index in [1.54, 1.807) is 18.5 Å². The van der Waals surface area contributed by atoms with Gasteiger partial charge in [-0.25, -0.2) is 0 Å². The van der Waals surface area contributed by atoms with Crippen LogP contribution in [-0.4, -0.2) is 26.5 Å². The third-order valence-electron chi connectivity index (χ3n) is 6.39. The van der Waals surface area contributed by atoms with Gasteiger partial charge in [0.1, 0.15) is 0 Å². The third kappa shape index (κ3) is 9.83. The second kappa shape index (κ2) is 14.0. The van der Waals surface area contributed by atoms with Gasteiger partial charge in [-0.1, -0.05) is 0 Å². The quantitative estimate of drug-likeness (QED) is 0.170. The van der Waals surface area contributed by atoms with Gasteiger partial charge >= 0.3 is 177 Å². The molecular weight excluding hydrogens is 447 g/mol. The molecule has 0 aliphatic heterocycles. The van der Waals surface area contributed by atoms with Crippen LogP contribution >= 0.6 is 0 Å². The number of rotatable bonds is 15. The van der Waals surface area contributed by atoms with Gasteiger partial charge < -0.3 is 0 Å². The second-order valence-corrected chi connectivity index (χ2v) is 28.1. The van der Waals surface area contributed by atoms with Crippen molar-refractivity contribution in [2.75, 3.05) is 0 Å². The molecule has 0 heterocycles. The van der Waals surface area contributed by atoms with Gasteiger partial charge in [0.25, 0.3) is 0 Å². The summed E-state index contributed by atoms with van der Waals surface area (Å²) in [5.41, 5.74) is 0. The molecule has 0 saturated heterocycles. The fourth-order valence-electron chi connectivity index (χ4n) is 4.27. The van der Waals surface area contributed by atoms with Crippen molar-refractivity contribution in [2.45, 2.75) is 103 Å². The molecule has 0 saturated carbocycles. The van der Waals surface area contributed by atoms with E-state index >= 15 is 0 Å². The van der Waals surface area contributed by atoms with Gasteiger partial charge in [0.15, 0.2) is 0 Å². The van der Waals surface area contributed by atoms with E-state index in [-0.39, 0.29) is 0 Å². The molecule has 0 amide bonds. The molecule has 0 bridgehead atoms. The predicted octanol–water partition coefficient (Wildman–Crippen LogP) is 8.40. The van der Waals surface area contributed by atoms with Crippen LogP contribution < -0.4 is 5.19 Å². The summed E-state index contributed by atoms with van der Waals surface area (Å²) in [6.45, 7) is 12.2. The minimum absolute atomic E-state index is 1.27. The predicted molar refractivity (Wildman–Crippen MR) is 132 cm³/mol. The molecule has 0 unspecified atom stereocenters. The molecule has 0 N–H and O–H groups in total. The molecule has 1 rings (SSSR count). The molecule has 0 fully saturated rings. The molecule has 1 aromatic rings. The molecule has 2 heteroatoms. The Morgan fingerprint density at radius 3 is 1.78 bits per heavy atom. The Balaban J connectivity index is 2.63. The van der Waals surface area contributed by atoms with Crippen LogP contribution in [0.3, 0.4) is 0 Å². The van der Waals surface area contributed by atoms with Crippen LogP contribution in [-0.2, 0) is 0 Å². The summed E-state index contributed by atoms with van der Waals surface area (Å²) in [6.07, 6.45) is 15.1. The normalized spacial score (nSPS) is 12.8. The van der Waals surface area contributed by atoms with E-state index in [9.17, 15) is 0 Å². The van der Waals surface area contributed by atoms with Crippen molar-refractivity contribution >= 4 is 31.6 Å². The molecule has 1 aromatic carbocycles. The summed E-state index contributed by atoms with van der Waals surface area (Å²) in [5, 5.41) is 1.61. The van der Waals surface area contributed by atoms with Crippen molar-refractivity contribution in [1.29, 1.82) is 0 Å². The van der Waals surface area contributed by atoms with Crippen molar-refractivity contribution in [3.63, 3.8) is 0 Å². The molecule has 154 valence electrons. The van der Waals surface area contributed by atoms with E-state index < -0.39 is 26.5 Å². The first kappa shape index (κ1) is 25.0. The van der Waals surface area contributed by atoms with Crippen LogP contribution in [0, 0.1) is 0 Å². The molecule has 27 heavy (non-hydrogen) atoms. The Labute approximate surface area is 176 Å². The van der Waals surface area contributed by atoms with Crippen LogP contribution in [0.2, 0.25) is 36.9 Å². The van der Waals surface area contributed by atoms with E-state index in [4.69, 9.17) is 0 Å². The maximum atomic E-state index is 2.65. The Bertz CT molecular complexity index is 485. The summed E-state index contributed by atoms with van der Waals surface area (Å²) in [7, 11) is -1.27. The first-order valence-electron chi connectivity index (χ1n) is 11.7. The third-order valence-corrected chi connectivity index (χ3v) is 25.1. The fourth-order valence-corrected chi connectivity index (χ4v) is 21.8. The van der Waals surface area contributed by atoms with Crippen molar-refractivity contribution in [3.8, 4) is 0 Å². The fraction of sp³-hybridized carbons (Fsp3) is 0.680. The topological polar surface area (TPSA) is 0 Å². The molecule has 0 aliphatic rings. The van der Waals surface area contributed by atoms with Gasteiger partial charge in [-0.15, -0.1) is 0 Å². The average Bonchev–Trinajstić information content (AvgIpc) is 2.69. The molecule has 0 radical (unpaired) electrons. The summed E-state index contributed by atoms with van der Waals surface area (Å²) < 4.78 is 6.43. The number of hydrogen-bond donors (Lipinski definition) is 0. The SMILES string of the molecule is CCC[CH2][Sn]([CH2]/C=C/CC[Si](C)(C)c1ccccc1)([CH2]CCC)[CH2]CCC. The van der Waals surface area contributed by atoms with Crippen LogP contribution in [0.5, 0.6) is 0 Å². The van der Waals surface area contributed by atoms with Crippen LogP contribution in [0.4, 0.5) is 0 Å². The van der Waals surface area contributed by atoms with E-state index in [1.165, 1.54) is 55.4 Å². The zero-order chi connectivity index (χ0) is 20.0. The van der Waals surface area contributed by atoms with Crippen LogP contribution in [0.25, 0.3) is 0 Å². The number of benzene rings is 1. The summed E-state index contributed by atoms with van der Waals surface area (Å²) >= 11 is -1.95. The summed E-state index contributed by atoms with van der Waals surface area (Å²) in [4.78, 5) is 0. The zero-order valence-corrected chi connectivity index (χ0v) is 22.9. The van der Waals surface area contributed by atoms with Gasteiger partial charge in [0, 0.05) is 0 Å². The van der Waals surface area contributed by atoms with Crippen molar-refractivity contribution in [2.24, 2.45) is 0 Å². The van der Waals surface area contributed by atoms with E-state index in [2.05, 4.69) is 76.3 Å². The standard InChI is InChI=1S/C13H19Si.3C4H9.Sn/c1-4-5-9-12-14(2,3)13-10-7-6-8-11-13;3*1-3-4-2;/h4-8,10-11H,1,9,12H2,2-3H3;3*1,3-4H2,2H3;/b5-4+;;;;. The summed E-state index contributed by atoms with van der Waals surface area (Å²) in [6, 6.07) is 12.6. The Morgan fingerprint density at radius 1 is 0.778 bits per heavy atom. The average molecular weight is 493 g/mol. The number of allylic oxidation sites excluding steroid dienone is 2. The molecular formula is C25H46SiSn. The van der Waals surface area contributed by atoms with Gasteiger partial charge in [-0.2, -0.15) is 0 Å². The zero-order valence-electron chi connectivity index (χ0n) is 19.0. The molecule has 0 atom stereocenters. The Kier molecular flexibility index (Phi) is 13.0. The van der Waals surface area contributed by atoms with Gasteiger partial charge in [-0.05, 0) is 0 Å². The van der Waals surface area contributed by atoms with Crippen molar-refractivity contribution in [3.05, 3.63) is 42.5 Å². The molecule has 0 spiro atoms.